The predicted octanol–water partition coefficient (Wildman–Crippen LogP) is 2.14. The van der Waals surface area contributed by atoms with Gasteiger partial charge in [-0.05, 0) is 26.3 Å². The molecule has 0 aliphatic carbocycles. The minimum atomic E-state index is -0.470. The van der Waals surface area contributed by atoms with Gasteiger partial charge in [-0.25, -0.2) is 0 Å². The van der Waals surface area contributed by atoms with E-state index >= 15 is 0 Å². The van der Waals surface area contributed by atoms with Gasteiger partial charge in [-0.1, -0.05) is 5.11 Å². The molecular weight excluding hydrogens is 438 g/mol. The molecule has 33 heavy (non-hydrogen) atoms. The van der Waals surface area contributed by atoms with Crippen LogP contribution in [0.4, 0.5) is 0 Å². The third kappa shape index (κ3) is 28.5. The molecule has 12 heteroatoms. The zero-order valence-corrected chi connectivity index (χ0v) is 20.3. The Labute approximate surface area is 196 Å². The second kappa shape index (κ2) is 23.7. The van der Waals surface area contributed by atoms with E-state index in [1.54, 1.807) is 0 Å². The van der Waals surface area contributed by atoms with Crippen molar-refractivity contribution in [1.29, 1.82) is 0 Å². The van der Waals surface area contributed by atoms with Crippen LogP contribution in [-0.4, -0.2) is 111 Å². The van der Waals surface area contributed by atoms with Crippen LogP contribution in [0.15, 0.2) is 5.11 Å². The Balaban J connectivity index is 3.12. The summed E-state index contributed by atoms with van der Waals surface area (Å²) in [5.41, 5.74) is 7.63. The summed E-state index contributed by atoms with van der Waals surface area (Å²) in [6.07, 6.45) is 0.233. The smallest absolute Gasteiger partial charge is 0.308 e. The van der Waals surface area contributed by atoms with Gasteiger partial charge in [-0.3, -0.25) is 4.79 Å². The zero-order chi connectivity index (χ0) is 24.5. The number of nitrogens with zero attached hydrogens (tertiary/aromatic N) is 3. The molecule has 0 spiro atoms. The van der Waals surface area contributed by atoms with E-state index in [4.69, 9.17) is 43.4 Å². The second-order valence-electron chi connectivity index (χ2n) is 7.58. The largest absolute Gasteiger partial charge is 0.460 e. The number of hydrogen-bond donors (Lipinski definition) is 0. The lowest BCUT2D eigenvalue weighted by molar-refractivity contribution is -0.156. The van der Waals surface area contributed by atoms with E-state index in [1.165, 1.54) is 0 Å². The summed E-state index contributed by atoms with van der Waals surface area (Å²) in [6, 6.07) is 0. The van der Waals surface area contributed by atoms with Crippen LogP contribution in [0.25, 0.3) is 10.4 Å². The van der Waals surface area contributed by atoms with Gasteiger partial charge in [0.25, 0.3) is 0 Å². The average molecular weight is 480 g/mol. The van der Waals surface area contributed by atoms with Gasteiger partial charge >= 0.3 is 5.97 Å². The molecule has 0 fully saturated rings. The summed E-state index contributed by atoms with van der Waals surface area (Å²) in [5, 5.41) is 3.36. The highest BCUT2D eigenvalue weighted by molar-refractivity contribution is 5.69. The van der Waals surface area contributed by atoms with Crippen molar-refractivity contribution in [2.45, 2.75) is 32.8 Å². The Kier molecular flexibility index (Phi) is 22.6. The third-order valence-corrected chi connectivity index (χ3v) is 3.50. The Hall–Kier alpha value is -1.50. The molecule has 0 heterocycles. The van der Waals surface area contributed by atoms with E-state index in [-0.39, 0.29) is 12.4 Å². The molecule has 0 N–H and O–H groups in total. The van der Waals surface area contributed by atoms with Gasteiger partial charge in [0.05, 0.1) is 98.9 Å². The third-order valence-electron chi connectivity index (χ3n) is 3.50. The molecular formula is C21H41N3O9. The first-order chi connectivity index (χ1) is 16.0. The first-order valence-electron chi connectivity index (χ1n) is 11.2. The number of hydrogen-bond acceptors (Lipinski definition) is 10. The van der Waals surface area contributed by atoms with Crippen molar-refractivity contribution in [3.05, 3.63) is 10.4 Å². The van der Waals surface area contributed by atoms with Gasteiger partial charge in [0.2, 0.25) is 0 Å². The topological polar surface area (TPSA) is 140 Å². The van der Waals surface area contributed by atoms with Crippen molar-refractivity contribution < 1.29 is 42.7 Å². The van der Waals surface area contributed by atoms with Gasteiger partial charge in [0.15, 0.2) is 0 Å². The fourth-order valence-corrected chi connectivity index (χ4v) is 2.12. The summed E-state index contributed by atoms with van der Waals surface area (Å²) < 4.78 is 42.6. The standard InChI is InChI=1S/C21H41N3O9/c1-21(2,3)33-20(25)4-6-26-8-10-28-12-14-30-16-18-32-19-17-31-15-13-29-11-9-27-7-5-23-24-22/h4-19H2,1-3H3. The van der Waals surface area contributed by atoms with E-state index < -0.39 is 5.60 Å². The van der Waals surface area contributed by atoms with E-state index in [9.17, 15) is 4.79 Å². The minimum absolute atomic E-state index is 0.233. The molecule has 0 aromatic carbocycles. The number of carbonyl (C=O) groups excluding carboxylic acids is 1. The van der Waals surface area contributed by atoms with Crippen LogP contribution in [-0.2, 0) is 42.7 Å². The first-order valence-corrected chi connectivity index (χ1v) is 11.2. The highest BCUT2D eigenvalue weighted by Crippen LogP contribution is 2.07. The summed E-state index contributed by atoms with van der Waals surface area (Å²) in [6.45, 7) is 12.2. The van der Waals surface area contributed by atoms with Crippen LogP contribution < -0.4 is 0 Å². The number of ether oxygens (including phenoxy) is 8. The lowest BCUT2D eigenvalue weighted by Crippen LogP contribution is -2.24. The molecule has 0 saturated carbocycles. The number of rotatable bonds is 24. The van der Waals surface area contributed by atoms with Gasteiger partial charge < -0.3 is 37.9 Å². The van der Waals surface area contributed by atoms with Crippen LogP contribution in [0.5, 0.6) is 0 Å². The van der Waals surface area contributed by atoms with Crippen LogP contribution in [0.1, 0.15) is 27.2 Å². The summed E-state index contributed by atoms with van der Waals surface area (Å²) in [7, 11) is 0. The van der Waals surface area contributed by atoms with Crippen molar-refractivity contribution in [2.24, 2.45) is 5.11 Å². The van der Waals surface area contributed by atoms with Crippen molar-refractivity contribution in [3.63, 3.8) is 0 Å². The number of esters is 1. The molecule has 0 saturated heterocycles. The molecule has 0 aromatic rings. The molecule has 0 bridgehead atoms. The maximum Gasteiger partial charge on any atom is 0.308 e. The van der Waals surface area contributed by atoms with Crippen molar-refractivity contribution >= 4 is 5.97 Å². The first kappa shape index (κ1) is 31.5. The van der Waals surface area contributed by atoms with Crippen LogP contribution >= 0.6 is 0 Å². The second-order valence-corrected chi connectivity index (χ2v) is 7.58. The molecule has 0 unspecified atom stereocenters. The summed E-state index contributed by atoms with van der Waals surface area (Å²) in [4.78, 5) is 14.1. The quantitative estimate of drug-likeness (QED) is 0.0669. The van der Waals surface area contributed by atoms with Gasteiger partial charge in [-0.2, -0.15) is 0 Å². The lowest BCUT2D eigenvalue weighted by atomic mass is 10.2. The van der Waals surface area contributed by atoms with Crippen LogP contribution in [0.2, 0.25) is 0 Å². The summed E-state index contributed by atoms with van der Waals surface area (Å²) >= 11 is 0. The van der Waals surface area contributed by atoms with E-state index in [2.05, 4.69) is 10.0 Å². The molecule has 0 aliphatic heterocycles. The maximum absolute atomic E-state index is 11.5. The summed E-state index contributed by atoms with van der Waals surface area (Å²) in [5.74, 6) is -0.266. The van der Waals surface area contributed by atoms with E-state index in [0.29, 0.717) is 99.0 Å². The fraction of sp³-hybridized carbons (Fsp3) is 0.952. The van der Waals surface area contributed by atoms with Crippen molar-refractivity contribution in [2.75, 3.05) is 99.0 Å². The maximum atomic E-state index is 11.5. The average Bonchev–Trinajstić information content (AvgIpc) is 2.75. The SMILES string of the molecule is CC(C)(C)OC(=O)CCOCCOCCOCCOCCOCCOCCOCCN=[N+]=[N-]. The molecule has 0 aromatic heterocycles. The Morgan fingerprint density at radius 1 is 0.636 bits per heavy atom. The Bertz CT molecular complexity index is 498. The molecule has 0 rings (SSSR count). The van der Waals surface area contributed by atoms with E-state index in [0.717, 1.165) is 0 Å². The highest BCUT2D eigenvalue weighted by atomic mass is 16.6. The van der Waals surface area contributed by atoms with E-state index in [1.807, 2.05) is 20.8 Å². The fourth-order valence-electron chi connectivity index (χ4n) is 2.12. The van der Waals surface area contributed by atoms with Crippen LogP contribution in [0.3, 0.4) is 0 Å². The molecule has 12 nitrogen and oxygen atoms in total. The zero-order valence-electron chi connectivity index (χ0n) is 20.3. The normalized spacial score (nSPS) is 11.4. The van der Waals surface area contributed by atoms with Gasteiger partial charge in [0.1, 0.15) is 5.60 Å². The molecule has 194 valence electrons. The Morgan fingerprint density at radius 2 is 0.970 bits per heavy atom. The number of carbonyl (C=O) groups is 1. The highest BCUT2D eigenvalue weighted by Gasteiger charge is 2.15. The number of azide groups is 1. The van der Waals surface area contributed by atoms with Crippen LogP contribution in [0, 0.1) is 0 Å². The Morgan fingerprint density at radius 3 is 1.30 bits per heavy atom. The predicted molar refractivity (Wildman–Crippen MR) is 120 cm³/mol. The molecule has 0 amide bonds. The molecule has 0 atom stereocenters. The lowest BCUT2D eigenvalue weighted by Gasteiger charge is -2.19. The monoisotopic (exact) mass is 479 g/mol. The van der Waals surface area contributed by atoms with Gasteiger partial charge in [0, 0.05) is 11.5 Å². The van der Waals surface area contributed by atoms with Crippen molar-refractivity contribution in [1.82, 2.24) is 0 Å². The minimum Gasteiger partial charge on any atom is -0.460 e. The van der Waals surface area contributed by atoms with Crippen molar-refractivity contribution in [3.8, 4) is 0 Å². The molecule has 0 aliphatic rings. The molecule has 0 radical (unpaired) electrons. The van der Waals surface area contributed by atoms with Gasteiger partial charge in [-0.15, -0.1) is 0 Å².